The molecule has 0 radical (unpaired) electrons. The molecule has 0 N–H and O–H groups in total. The Labute approximate surface area is 187 Å². The molecule has 0 amide bonds. The summed E-state index contributed by atoms with van der Waals surface area (Å²) in [5.74, 6) is -0.514. The molecule has 0 spiro atoms. The van der Waals surface area contributed by atoms with Gasteiger partial charge in [-0.25, -0.2) is 17.8 Å². The maximum absolute atomic E-state index is 13.7. The van der Waals surface area contributed by atoms with Crippen molar-refractivity contribution in [3.05, 3.63) is 64.8 Å². The van der Waals surface area contributed by atoms with E-state index in [1.54, 1.807) is 18.3 Å². The van der Waals surface area contributed by atoms with Crippen LogP contribution in [0, 0.1) is 12.7 Å². The summed E-state index contributed by atoms with van der Waals surface area (Å²) in [5, 5.41) is 2.49. The van der Waals surface area contributed by atoms with Gasteiger partial charge in [0, 0.05) is 24.0 Å². The van der Waals surface area contributed by atoms with Gasteiger partial charge in [-0.15, -0.1) is 11.3 Å². The maximum Gasteiger partial charge on any atom is 0.185 e. The van der Waals surface area contributed by atoms with Gasteiger partial charge in [0.15, 0.2) is 15.0 Å². The lowest BCUT2D eigenvalue weighted by Crippen LogP contribution is -2.39. The first kappa shape index (κ1) is 22.0. The topological polar surface area (TPSA) is 50.3 Å². The van der Waals surface area contributed by atoms with Crippen molar-refractivity contribution in [2.75, 3.05) is 18.0 Å². The van der Waals surface area contributed by atoms with E-state index in [1.165, 1.54) is 17.7 Å². The molecule has 31 heavy (non-hydrogen) atoms. The average molecular weight is 459 g/mol. The molecule has 2 aromatic carbocycles. The third-order valence-electron chi connectivity index (χ3n) is 5.89. The van der Waals surface area contributed by atoms with Gasteiger partial charge >= 0.3 is 0 Å². The van der Waals surface area contributed by atoms with Gasteiger partial charge in [-0.3, -0.25) is 0 Å². The number of aromatic nitrogens is 1. The number of sulfone groups is 1. The van der Waals surface area contributed by atoms with Crippen LogP contribution in [0.15, 0.2) is 52.7 Å². The van der Waals surface area contributed by atoms with Gasteiger partial charge in [0.25, 0.3) is 0 Å². The lowest BCUT2D eigenvalue weighted by Gasteiger charge is -2.31. The molecule has 2 heterocycles. The fourth-order valence-corrected chi connectivity index (χ4v) is 6.96. The van der Waals surface area contributed by atoms with E-state index in [9.17, 15) is 12.8 Å². The van der Waals surface area contributed by atoms with E-state index in [4.69, 9.17) is 4.98 Å². The minimum absolute atomic E-state index is 0.119. The predicted octanol–water partition coefficient (Wildman–Crippen LogP) is 5.65. The lowest BCUT2D eigenvalue weighted by molar-refractivity contribution is 0.528. The molecule has 0 saturated carbocycles. The highest BCUT2D eigenvalue weighted by Gasteiger charge is 2.33. The van der Waals surface area contributed by atoms with Crippen LogP contribution in [0.4, 0.5) is 9.52 Å². The fraction of sp³-hybridized carbons (Fsp3) is 0.375. The van der Waals surface area contributed by atoms with Crippen molar-refractivity contribution >= 4 is 26.3 Å². The number of thiazole rings is 1. The Morgan fingerprint density at radius 2 is 1.84 bits per heavy atom. The highest BCUT2D eigenvalue weighted by molar-refractivity contribution is 7.92. The maximum atomic E-state index is 13.7. The molecule has 4 rings (SSSR count). The third kappa shape index (κ3) is 4.67. The number of nitrogens with zero attached hydrogens (tertiary/aromatic N) is 2. The molecule has 0 unspecified atom stereocenters. The van der Waals surface area contributed by atoms with Gasteiger partial charge in [0.2, 0.25) is 0 Å². The molecule has 7 heteroatoms. The summed E-state index contributed by atoms with van der Waals surface area (Å²) < 4.78 is 39.8. The third-order valence-corrected chi connectivity index (χ3v) is 9.19. The van der Waals surface area contributed by atoms with Crippen LogP contribution in [0.3, 0.4) is 0 Å². The summed E-state index contributed by atoms with van der Waals surface area (Å²) in [7, 11) is -3.55. The van der Waals surface area contributed by atoms with E-state index >= 15 is 0 Å². The van der Waals surface area contributed by atoms with Crippen molar-refractivity contribution in [1.29, 1.82) is 0 Å². The van der Waals surface area contributed by atoms with Crippen LogP contribution in [0.5, 0.6) is 0 Å². The Morgan fingerprint density at radius 1 is 1.13 bits per heavy atom. The standard InChI is InChI=1S/C24H27FN2O2S2/c1-3-4-18-6-8-19(9-7-18)22-16-30-24(26-22)27-13-11-21(12-14-27)31(28,29)23-15-20(25)10-5-17(23)2/h5-10,15-16,21H,3-4,11-14H2,1-2H3. The Bertz CT molecular complexity index is 1150. The zero-order valence-corrected chi connectivity index (χ0v) is 19.5. The summed E-state index contributed by atoms with van der Waals surface area (Å²) in [6.07, 6.45) is 3.23. The molecule has 1 aliphatic rings. The number of hydrogen-bond acceptors (Lipinski definition) is 5. The SMILES string of the molecule is CCCc1ccc(-c2csc(N3CCC(S(=O)(=O)c4cc(F)ccc4C)CC3)n2)cc1. The number of aryl methyl sites for hydroxylation is 2. The number of piperidine rings is 1. The summed E-state index contributed by atoms with van der Waals surface area (Å²) in [5.41, 5.74) is 3.98. The van der Waals surface area contributed by atoms with Crippen molar-refractivity contribution in [1.82, 2.24) is 4.98 Å². The van der Waals surface area contributed by atoms with Gasteiger partial charge in [-0.1, -0.05) is 43.7 Å². The first-order chi connectivity index (χ1) is 14.9. The second-order valence-electron chi connectivity index (χ2n) is 8.10. The Hall–Kier alpha value is -2.25. The van der Waals surface area contributed by atoms with Gasteiger partial charge in [-0.2, -0.15) is 0 Å². The Morgan fingerprint density at radius 3 is 2.52 bits per heavy atom. The molecule has 0 bridgehead atoms. The van der Waals surface area contributed by atoms with Crippen molar-refractivity contribution in [3.8, 4) is 11.3 Å². The van der Waals surface area contributed by atoms with E-state index < -0.39 is 20.9 Å². The number of rotatable bonds is 6. The van der Waals surface area contributed by atoms with Crippen LogP contribution in [0.1, 0.15) is 37.3 Å². The Balaban J connectivity index is 1.44. The quantitative estimate of drug-likeness (QED) is 0.479. The molecule has 1 saturated heterocycles. The monoisotopic (exact) mass is 458 g/mol. The van der Waals surface area contributed by atoms with Gasteiger partial charge in [-0.05, 0) is 49.4 Å². The summed E-state index contributed by atoms with van der Waals surface area (Å²) in [6.45, 7) is 5.14. The summed E-state index contributed by atoms with van der Waals surface area (Å²) in [4.78, 5) is 7.07. The highest BCUT2D eigenvalue weighted by Crippen LogP contribution is 2.32. The van der Waals surface area contributed by atoms with Gasteiger partial charge in [0.05, 0.1) is 15.8 Å². The predicted molar refractivity (Wildman–Crippen MR) is 125 cm³/mol. The summed E-state index contributed by atoms with van der Waals surface area (Å²) in [6, 6.07) is 12.5. The van der Waals surface area contributed by atoms with Crippen molar-refractivity contribution in [2.24, 2.45) is 0 Å². The van der Waals surface area contributed by atoms with Gasteiger partial charge in [0.1, 0.15) is 5.82 Å². The van der Waals surface area contributed by atoms with Crippen LogP contribution in [-0.2, 0) is 16.3 Å². The molecule has 164 valence electrons. The minimum atomic E-state index is -3.55. The van der Waals surface area contributed by atoms with E-state index in [2.05, 4.69) is 41.5 Å². The first-order valence-electron chi connectivity index (χ1n) is 10.7. The number of benzene rings is 2. The summed E-state index contributed by atoms with van der Waals surface area (Å²) >= 11 is 1.59. The Kier molecular flexibility index (Phi) is 6.44. The average Bonchev–Trinajstić information content (AvgIpc) is 3.26. The second-order valence-corrected chi connectivity index (χ2v) is 11.1. The van der Waals surface area contributed by atoms with E-state index in [-0.39, 0.29) is 4.90 Å². The minimum Gasteiger partial charge on any atom is -0.348 e. The van der Waals surface area contributed by atoms with Crippen molar-refractivity contribution < 1.29 is 12.8 Å². The van der Waals surface area contributed by atoms with Crippen LogP contribution >= 0.6 is 11.3 Å². The molecule has 0 atom stereocenters. The molecule has 1 fully saturated rings. The van der Waals surface area contributed by atoms with Crippen LogP contribution in [-0.4, -0.2) is 31.7 Å². The smallest absolute Gasteiger partial charge is 0.185 e. The first-order valence-corrected chi connectivity index (χ1v) is 13.1. The largest absolute Gasteiger partial charge is 0.348 e. The van der Waals surface area contributed by atoms with E-state index in [0.717, 1.165) is 35.3 Å². The number of anilines is 1. The second kappa shape index (κ2) is 9.09. The molecular formula is C24H27FN2O2S2. The number of halogens is 1. The van der Waals surface area contributed by atoms with E-state index in [1.807, 2.05) is 0 Å². The fourth-order valence-electron chi connectivity index (χ4n) is 4.09. The molecule has 1 aliphatic heterocycles. The van der Waals surface area contributed by atoms with Crippen molar-refractivity contribution in [2.45, 2.75) is 49.7 Å². The zero-order valence-electron chi connectivity index (χ0n) is 17.8. The van der Waals surface area contributed by atoms with Crippen LogP contribution in [0.2, 0.25) is 0 Å². The highest BCUT2D eigenvalue weighted by atomic mass is 32.2. The molecule has 0 aliphatic carbocycles. The molecule has 1 aromatic heterocycles. The van der Waals surface area contributed by atoms with Gasteiger partial charge < -0.3 is 4.90 Å². The lowest BCUT2D eigenvalue weighted by atomic mass is 10.1. The molecule has 3 aromatic rings. The van der Waals surface area contributed by atoms with Crippen LogP contribution in [0.25, 0.3) is 11.3 Å². The normalized spacial score (nSPS) is 15.4. The van der Waals surface area contributed by atoms with Crippen molar-refractivity contribution in [3.63, 3.8) is 0 Å². The molecule has 4 nitrogen and oxygen atoms in total. The van der Waals surface area contributed by atoms with E-state index in [0.29, 0.717) is 31.5 Å². The number of hydrogen-bond donors (Lipinski definition) is 0. The zero-order chi connectivity index (χ0) is 22.0. The van der Waals surface area contributed by atoms with Crippen LogP contribution < -0.4 is 4.90 Å². The molecular weight excluding hydrogens is 431 g/mol.